The van der Waals surface area contributed by atoms with E-state index in [4.69, 9.17) is 3.83 Å². The predicted molar refractivity (Wildman–Crippen MR) is 6.44 cm³/mol. The van der Waals surface area contributed by atoms with E-state index in [2.05, 4.69) is 15.9 Å². The van der Waals surface area contributed by atoms with E-state index in [1.165, 1.54) is 0 Å². The van der Waals surface area contributed by atoms with Gasteiger partial charge in [-0.3, -0.25) is 0 Å². The Balaban J connectivity index is -0.00000000500. The molecule has 0 amide bonds. The Bertz CT molecular complexity index is 8.00. The van der Waals surface area contributed by atoms with Crippen molar-refractivity contribution in [2.24, 2.45) is 0 Å². The third-order valence-corrected chi connectivity index (χ3v) is 0. The molecule has 0 aromatic carbocycles. The van der Waals surface area contributed by atoms with E-state index in [-0.39, 0.29) is 73.3 Å². The van der Waals surface area contributed by atoms with Gasteiger partial charge >= 0.3 is 19.8 Å². The standard InChI is InChI=1S/Ca.Cu.La.O. The van der Waals surface area contributed by atoms with Crippen molar-refractivity contribution in [3.8, 4) is 0 Å². The molecule has 0 saturated carbocycles. The molecule has 0 unspecified atom stereocenters. The third-order valence-electron chi connectivity index (χ3n) is 0. The van der Waals surface area contributed by atoms with Crippen LogP contribution in [0.1, 0.15) is 0 Å². The van der Waals surface area contributed by atoms with Crippen LogP contribution in [0, 0.1) is 35.6 Å². The summed E-state index contributed by atoms with van der Waals surface area (Å²) in [4.78, 5) is 0. The molecule has 4 heavy (non-hydrogen) atoms. The van der Waals surface area contributed by atoms with E-state index >= 15 is 0 Å². The van der Waals surface area contributed by atoms with Gasteiger partial charge in [0, 0.05) is 73.3 Å². The van der Waals surface area contributed by atoms with Gasteiger partial charge in [-0.2, -0.15) is 0 Å². The molecule has 0 N–H and O–H groups in total. The topological polar surface area (TPSA) is 17.1 Å². The van der Waals surface area contributed by atoms with Crippen LogP contribution in [0.4, 0.5) is 0 Å². The van der Waals surface area contributed by atoms with Gasteiger partial charge in [0.2, 0.25) is 0 Å². The van der Waals surface area contributed by atoms with E-state index in [0.717, 1.165) is 0 Å². The fourth-order valence-corrected chi connectivity index (χ4v) is 0. The van der Waals surface area contributed by atoms with Gasteiger partial charge in [0.1, 0.15) is 0 Å². The van der Waals surface area contributed by atoms with Crippen LogP contribution in [0.15, 0.2) is 0 Å². The molecule has 0 rings (SSSR count). The molecule has 22 valence electrons. The number of hydrogen-bond acceptors (Lipinski definition) is 1. The van der Waals surface area contributed by atoms with Crippen LogP contribution >= 0.6 is 0 Å². The van der Waals surface area contributed by atoms with E-state index in [1.807, 2.05) is 0 Å². The van der Waals surface area contributed by atoms with Gasteiger partial charge in [-0.05, 0) is 0 Å². The average Bonchev–Trinajstić information content (AvgIpc) is 1.00. The minimum absolute atomic E-state index is 0. The summed E-state index contributed by atoms with van der Waals surface area (Å²) >= 11 is 2.94. The number of hydrogen-bond donors (Lipinski definition) is 0. The van der Waals surface area contributed by atoms with Gasteiger partial charge in [0.15, 0.2) is 0 Å². The fourth-order valence-electron chi connectivity index (χ4n) is 0. The summed E-state index contributed by atoms with van der Waals surface area (Å²) in [6, 6.07) is 0. The van der Waals surface area contributed by atoms with Crippen molar-refractivity contribution in [2.75, 3.05) is 0 Å². The summed E-state index contributed by atoms with van der Waals surface area (Å²) in [5.41, 5.74) is 0. The molecule has 3 radical (unpaired) electrons. The molecular weight excluding hydrogens is 259 g/mol. The second-order valence-corrected chi connectivity index (χ2v) is 0. The van der Waals surface area contributed by atoms with E-state index in [0.29, 0.717) is 0 Å². The first-order chi connectivity index (χ1) is 1.00. The Hall–Kier alpha value is 2.77. The molecule has 0 aliphatic rings. The van der Waals surface area contributed by atoms with Crippen LogP contribution in [0.25, 0.3) is 0 Å². The first-order valence-electron chi connectivity index (χ1n) is 0.123. The van der Waals surface area contributed by atoms with E-state index in [1.54, 1.807) is 0 Å². The van der Waals surface area contributed by atoms with Gasteiger partial charge < -0.3 is 0 Å². The summed E-state index contributed by atoms with van der Waals surface area (Å²) in [5, 5.41) is 0. The Kier molecular flexibility index (Phi) is 67.8. The predicted octanol–water partition coefficient (Wildman–Crippen LogP) is -0.502. The molecule has 0 bridgehead atoms. The Morgan fingerprint density at radius 1 is 1.25 bits per heavy atom. The molecule has 0 fully saturated rings. The summed E-state index contributed by atoms with van der Waals surface area (Å²) in [7, 11) is 0. The summed E-state index contributed by atoms with van der Waals surface area (Å²) in [5.74, 6) is 0. The van der Waals surface area contributed by atoms with Crippen molar-refractivity contribution in [2.45, 2.75) is 0 Å². The minimum atomic E-state index is 0. The molecule has 0 spiro atoms. The van der Waals surface area contributed by atoms with Crippen LogP contribution < -0.4 is 0 Å². The molecule has 4 heteroatoms. The van der Waals surface area contributed by atoms with E-state index in [9.17, 15) is 0 Å². The van der Waals surface area contributed by atoms with Crippen LogP contribution in [0.2, 0.25) is 0 Å². The zero-order valence-corrected chi connectivity index (χ0v) is 8.77. The quantitative estimate of drug-likeness (QED) is 0.535. The molecule has 0 heterocycles. The molecular formula is CaCuLaO. The van der Waals surface area contributed by atoms with Gasteiger partial charge in [0.25, 0.3) is 0 Å². The molecule has 0 aromatic heterocycles. The molecule has 0 aromatic rings. The Labute approximate surface area is 90.9 Å². The molecule has 1 nitrogen and oxygen atoms in total. The maximum absolute atomic E-state index is 7.81. The van der Waals surface area contributed by atoms with Gasteiger partial charge in [0.05, 0.1) is 0 Å². The first kappa shape index (κ1) is 15.9. The monoisotopic (exact) mass is 258 g/mol. The van der Waals surface area contributed by atoms with Gasteiger partial charge in [-0.1, -0.05) is 0 Å². The number of rotatable bonds is 0. The van der Waals surface area contributed by atoms with Crippen molar-refractivity contribution >= 4 is 37.7 Å². The van der Waals surface area contributed by atoms with Crippen molar-refractivity contribution in [1.29, 1.82) is 0 Å². The second kappa shape index (κ2) is 17.1. The third kappa shape index (κ3) is 8.84. The fraction of sp³-hybridized carbons (Fsp3) is 0. The molecule has 0 aliphatic carbocycles. The first-order valence-corrected chi connectivity index (χ1v) is 0.508. The van der Waals surface area contributed by atoms with E-state index < -0.39 is 0 Å². The van der Waals surface area contributed by atoms with Crippen LogP contribution in [-0.2, 0) is 19.8 Å². The summed E-state index contributed by atoms with van der Waals surface area (Å²) in [6.45, 7) is 0. The molecule has 0 atom stereocenters. The van der Waals surface area contributed by atoms with Crippen molar-refractivity contribution in [3.05, 3.63) is 0 Å². The van der Waals surface area contributed by atoms with Gasteiger partial charge in [-0.25, -0.2) is 0 Å². The molecule has 0 saturated heterocycles. The maximum atomic E-state index is 7.81. The second-order valence-electron chi connectivity index (χ2n) is 0. The van der Waals surface area contributed by atoms with Crippen molar-refractivity contribution in [1.82, 2.24) is 0 Å². The van der Waals surface area contributed by atoms with Crippen molar-refractivity contribution in [3.63, 3.8) is 0 Å². The Morgan fingerprint density at radius 3 is 1.25 bits per heavy atom. The average molecular weight is 259 g/mol. The molecule has 0 aliphatic heterocycles. The summed E-state index contributed by atoms with van der Waals surface area (Å²) in [6.07, 6.45) is 0. The van der Waals surface area contributed by atoms with Crippen molar-refractivity contribution < 1.29 is 55.4 Å². The summed E-state index contributed by atoms with van der Waals surface area (Å²) < 4.78 is 7.81. The van der Waals surface area contributed by atoms with Crippen LogP contribution in [0.5, 0.6) is 0 Å². The SMILES string of the molecule is [Ca].[La].[O]=[Cu]. The van der Waals surface area contributed by atoms with Crippen LogP contribution in [-0.4, -0.2) is 37.7 Å². The zero-order chi connectivity index (χ0) is 2.00. The zero-order valence-electron chi connectivity index (χ0n) is 1.99. The Morgan fingerprint density at radius 2 is 1.25 bits per heavy atom. The van der Waals surface area contributed by atoms with Gasteiger partial charge in [-0.15, -0.1) is 0 Å². The normalized spacial score (nSPS) is 1.50. The van der Waals surface area contributed by atoms with Crippen LogP contribution in [0.3, 0.4) is 0 Å².